The van der Waals surface area contributed by atoms with Crippen molar-refractivity contribution in [3.63, 3.8) is 0 Å². The Morgan fingerprint density at radius 3 is 3.18 bits per heavy atom. The highest BCUT2D eigenvalue weighted by atomic mass is 16.5. The van der Waals surface area contributed by atoms with Gasteiger partial charge in [0.05, 0.1) is 13.3 Å². The van der Waals surface area contributed by atoms with Gasteiger partial charge in [-0.1, -0.05) is 0 Å². The molecule has 2 heterocycles. The number of pyridine rings is 1. The van der Waals surface area contributed by atoms with Gasteiger partial charge < -0.3 is 10.1 Å². The van der Waals surface area contributed by atoms with E-state index < -0.39 is 5.97 Å². The molecule has 0 saturated heterocycles. The van der Waals surface area contributed by atoms with Crippen LogP contribution < -0.4 is 5.32 Å². The molecular weight excluding hydrogens is 220 g/mol. The van der Waals surface area contributed by atoms with Gasteiger partial charge in [-0.15, -0.1) is 0 Å². The maximum absolute atomic E-state index is 11.3. The molecule has 0 aliphatic carbocycles. The lowest BCUT2D eigenvalue weighted by Gasteiger charge is -2.05. The Morgan fingerprint density at radius 1 is 1.59 bits per heavy atom. The van der Waals surface area contributed by atoms with Gasteiger partial charge in [0.2, 0.25) is 0 Å². The minimum atomic E-state index is -0.447. The number of rotatable bonds is 4. The molecule has 0 aliphatic heterocycles. The number of anilines is 1. The van der Waals surface area contributed by atoms with E-state index in [1.165, 1.54) is 7.11 Å². The first-order valence-electron chi connectivity index (χ1n) is 5.05. The van der Waals surface area contributed by atoms with Gasteiger partial charge in [0.25, 0.3) is 0 Å². The number of ether oxygens (including phenoxy) is 1. The molecule has 0 amide bonds. The fraction of sp³-hybridized carbons (Fsp3) is 0.182. The van der Waals surface area contributed by atoms with E-state index in [1.54, 1.807) is 30.7 Å². The highest BCUT2D eigenvalue weighted by Gasteiger charge is 2.07. The molecule has 2 aromatic heterocycles. The summed E-state index contributed by atoms with van der Waals surface area (Å²) >= 11 is 0. The van der Waals surface area contributed by atoms with E-state index in [0.29, 0.717) is 6.54 Å². The first-order valence-corrected chi connectivity index (χ1v) is 5.05. The molecule has 0 fully saturated rings. The SMILES string of the molecule is COC(=O)c1cc(NCc2cn[nH]c2)ccn1. The number of carbonyl (C=O) groups is 1. The topological polar surface area (TPSA) is 79.9 Å². The molecule has 0 radical (unpaired) electrons. The summed E-state index contributed by atoms with van der Waals surface area (Å²) in [5, 5.41) is 9.73. The zero-order valence-electron chi connectivity index (χ0n) is 9.30. The monoisotopic (exact) mass is 232 g/mol. The van der Waals surface area contributed by atoms with Crippen molar-refractivity contribution in [3.8, 4) is 0 Å². The summed E-state index contributed by atoms with van der Waals surface area (Å²) in [5.74, 6) is -0.447. The minimum absolute atomic E-state index is 0.282. The summed E-state index contributed by atoms with van der Waals surface area (Å²) in [5.41, 5.74) is 2.12. The number of methoxy groups -OCH3 is 1. The number of aromatic nitrogens is 3. The van der Waals surface area contributed by atoms with Crippen LogP contribution in [0.4, 0.5) is 5.69 Å². The van der Waals surface area contributed by atoms with Gasteiger partial charge in [-0.05, 0) is 12.1 Å². The Morgan fingerprint density at radius 2 is 2.47 bits per heavy atom. The van der Waals surface area contributed by atoms with Crippen LogP contribution in [-0.2, 0) is 11.3 Å². The third-order valence-corrected chi connectivity index (χ3v) is 2.21. The first-order chi connectivity index (χ1) is 8.29. The van der Waals surface area contributed by atoms with Crippen LogP contribution in [0.2, 0.25) is 0 Å². The van der Waals surface area contributed by atoms with Crippen molar-refractivity contribution >= 4 is 11.7 Å². The van der Waals surface area contributed by atoms with Crippen LogP contribution >= 0.6 is 0 Å². The number of hydrogen-bond acceptors (Lipinski definition) is 5. The molecule has 88 valence electrons. The highest BCUT2D eigenvalue weighted by molar-refractivity contribution is 5.88. The average Bonchev–Trinajstić information content (AvgIpc) is 2.89. The molecular formula is C11H12N4O2. The second kappa shape index (κ2) is 5.11. The third-order valence-electron chi connectivity index (χ3n) is 2.21. The molecule has 2 aromatic rings. The van der Waals surface area contributed by atoms with Crippen LogP contribution in [0.1, 0.15) is 16.1 Å². The summed E-state index contributed by atoms with van der Waals surface area (Å²) < 4.78 is 4.60. The zero-order chi connectivity index (χ0) is 12.1. The molecule has 2 rings (SSSR count). The number of H-pyrrole nitrogens is 1. The fourth-order valence-electron chi connectivity index (χ4n) is 1.34. The van der Waals surface area contributed by atoms with Crippen LogP contribution in [0, 0.1) is 0 Å². The quantitative estimate of drug-likeness (QED) is 0.774. The lowest BCUT2D eigenvalue weighted by molar-refractivity contribution is 0.0594. The Labute approximate surface area is 98.0 Å². The number of nitrogens with one attached hydrogen (secondary N) is 2. The molecule has 6 heteroatoms. The van der Waals surface area contributed by atoms with Crippen LogP contribution in [-0.4, -0.2) is 28.3 Å². The maximum atomic E-state index is 11.3. The molecule has 0 unspecified atom stereocenters. The predicted molar refractivity (Wildman–Crippen MR) is 61.5 cm³/mol. The van der Waals surface area contributed by atoms with Crippen molar-refractivity contribution < 1.29 is 9.53 Å². The second-order valence-electron chi connectivity index (χ2n) is 3.38. The van der Waals surface area contributed by atoms with Gasteiger partial charge in [0.1, 0.15) is 5.69 Å². The maximum Gasteiger partial charge on any atom is 0.356 e. The molecule has 17 heavy (non-hydrogen) atoms. The van der Waals surface area contributed by atoms with Crippen molar-refractivity contribution in [1.29, 1.82) is 0 Å². The number of esters is 1. The van der Waals surface area contributed by atoms with Crippen molar-refractivity contribution in [1.82, 2.24) is 15.2 Å². The van der Waals surface area contributed by atoms with Crippen molar-refractivity contribution in [2.75, 3.05) is 12.4 Å². The van der Waals surface area contributed by atoms with E-state index in [1.807, 2.05) is 0 Å². The van der Waals surface area contributed by atoms with Crippen LogP contribution in [0.25, 0.3) is 0 Å². The Kier molecular flexibility index (Phi) is 3.34. The Bertz CT molecular complexity index is 496. The number of hydrogen-bond donors (Lipinski definition) is 2. The van der Waals surface area contributed by atoms with Gasteiger partial charge in [0, 0.05) is 30.2 Å². The summed E-state index contributed by atoms with van der Waals surface area (Å²) in [6.45, 7) is 0.626. The van der Waals surface area contributed by atoms with E-state index in [-0.39, 0.29) is 5.69 Å². The standard InChI is InChI=1S/C11H12N4O2/c1-17-11(16)10-4-9(2-3-12-10)13-5-8-6-14-15-7-8/h2-4,6-7H,5H2,1H3,(H,12,13)(H,14,15). The largest absolute Gasteiger partial charge is 0.464 e. The Hall–Kier alpha value is -2.37. The first kappa shape index (κ1) is 11.1. The van der Waals surface area contributed by atoms with Gasteiger partial charge in [-0.25, -0.2) is 9.78 Å². The van der Waals surface area contributed by atoms with Crippen molar-refractivity contribution in [2.45, 2.75) is 6.54 Å². The highest BCUT2D eigenvalue weighted by Crippen LogP contribution is 2.10. The summed E-state index contributed by atoms with van der Waals surface area (Å²) in [6.07, 6.45) is 5.09. The van der Waals surface area contributed by atoms with Gasteiger partial charge in [-0.3, -0.25) is 5.10 Å². The van der Waals surface area contributed by atoms with Crippen LogP contribution in [0.3, 0.4) is 0 Å². The summed E-state index contributed by atoms with van der Waals surface area (Å²) in [7, 11) is 1.33. The predicted octanol–water partition coefficient (Wildman–Crippen LogP) is 1.20. The zero-order valence-corrected chi connectivity index (χ0v) is 9.30. The van der Waals surface area contributed by atoms with Gasteiger partial charge in [-0.2, -0.15) is 5.10 Å². The van der Waals surface area contributed by atoms with E-state index in [9.17, 15) is 4.79 Å². The van der Waals surface area contributed by atoms with E-state index in [2.05, 4.69) is 25.2 Å². The molecule has 0 aromatic carbocycles. The molecule has 2 N–H and O–H groups in total. The molecule has 0 atom stereocenters. The van der Waals surface area contributed by atoms with E-state index >= 15 is 0 Å². The number of aromatic amines is 1. The number of carbonyl (C=O) groups excluding carboxylic acids is 1. The van der Waals surface area contributed by atoms with Crippen molar-refractivity contribution in [3.05, 3.63) is 42.0 Å². The van der Waals surface area contributed by atoms with Crippen molar-refractivity contribution in [2.24, 2.45) is 0 Å². The average molecular weight is 232 g/mol. The fourth-order valence-corrected chi connectivity index (χ4v) is 1.34. The second-order valence-corrected chi connectivity index (χ2v) is 3.38. The smallest absolute Gasteiger partial charge is 0.356 e. The molecule has 0 saturated carbocycles. The van der Waals surface area contributed by atoms with Gasteiger partial charge >= 0.3 is 5.97 Å². The Balaban J connectivity index is 2.03. The summed E-state index contributed by atoms with van der Waals surface area (Å²) in [4.78, 5) is 15.2. The molecule has 0 aliphatic rings. The van der Waals surface area contributed by atoms with E-state index in [0.717, 1.165) is 11.3 Å². The lowest BCUT2D eigenvalue weighted by atomic mass is 10.3. The van der Waals surface area contributed by atoms with Crippen LogP contribution in [0.5, 0.6) is 0 Å². The summed E-state index contributed by atoms with van der Waals surface area (Å²) in [6, 6.07) is 3.43. The lowest BCUT2D eigenvalue weighted by Crippen LogP contribution is -2.05. The van der Waals surface area contributed by atoms with E-state index in [4.69, 9.17) is 0 Å². The van der Waals surface area contributed by atoms with Crippen LogP contribution in [0.15, 0.2) is 30.7 Å². The normalized spacial score (nSPS) is 9.94. The minimum Gasteiger partial charge on any atom is -0.464 e. The molecule has 0 bridgehead atoms. The molecule has 0 spiro atoms. The van der Waals surface area contributed by atoms with Gasteiger partial charge in [0.15, 0.2) is 0 Å². The number of nitrogens with zero attached hydrogens (tertiary/aromatic N) is 2. The molecule has 6 nitrogen and oxygen atoms in total. The third kappa shape index (κ3) is 2.81.